The summed E-state index contributed by atoms with van der Waals surface area (Å²) in [4.78, 5) is 10.9. The molecule has 1 aliphatic carbocycles. The monoisotopic (exact) mass is 248 g/mol. The quantitative estimate of drug-likeness (QED) is 0.816. The van der Waals surface area contributed by atoms with Gasteiger partial charge in [-0.05, 0) is 19.8 Å². The molecule has 5 nitrogen and oxygen atoms in total. The average Bonchev–Trinajstić information content (AvgIpc) is 2.37. The predicted molar refractivity (Wildman–Crippen MR) is 70.5 cm³/mol. The van der Waals surface area contributed by atoms with E-state index in [1.165, 1.54) is 25.7 Å². The number of nitrogens with two attached hydrogens (primary N) is 1. The Morgan fingerprint density at radius 3 is 3.00 bits per heavy atom. The zero-order valence-electron chi connectivity index (χ0n) is 10.8. The van der Waals surface area contributed by atoms with Crippen LogP contribution in [0.2, 0.25) is 0 Å². The minimum Gasteiger partial charge on any atom is -0.374 e. The van der Waals surface area contributed by atoms with Gasteiger partial charge in [-0.25, -0.2) is 4.98 Å². The lowest BCUT2D eigenvalue weighted by molar-refractivity contribution is -0.00899. The number of fused-ring (bicyclic) bond motifs is 1. The average molecular weight is 248 g/mol. The summed E-state index contributed by atoms with van der Waals surface area (Å²) in [5.41, 5.74) is 6.68. The summed E-state index contributed by atoms with van der Waals surface area (Å²) in [6, 6.07) is 2.48. The largest absolute Gasteiger partial charge is 0.374 e. The van der Waals surface area contributed by atoms with E-state index in [1.807, 2.05) is 13.0 Å². The van der Waals surface area contributed by atoms with E-state index in [4.69, 9.17) is 10.5 Å². The molecule has 2 fully saturated rings. The first-order valence-corrected chi connectivity index (χ1v) is 6.73. The lowest BCUT2D eigenvalue weighted by atomic mass is 9.90. The van der Waals surface area contributed by atoms with Crippen molar-refractivity contribution in [3.05, 3.63) is 11.8 Å². The SMILES string of the molecule is Cc1cc(N2CCOC3CCCCC32)nc(N)n1. The molecule has 18 heavy (non-hydrogen) atoms. The van der Waals surface area contributed by atoms with Crippen LogP contribution in [0.3, 0.4) is 0 Å². The second kappa shape index (κ2) is 4.72. The molecule has 1 aliphatic heterocycles. The van der Waals surface area contributed by atoms with E-state index in [9.17, 15) is 0 Å². The van der Waals surface area contributed by atoms with Crippen molar-refractivity contribution in [3.8, 4) is 0 Å². The van der Waals surface area contributed by atoms with E-state index in [-0.39, 0.29) is 0 Å². The van der Waals surface area contributed by atoms with Crippen LogP contribution in [-0.2, 0) is 4.74 Å². The summed E-state index contributed by atoms with van der Waals surface area (Å²) in [6.45, 7) is 3.64. The van der Waals surface area contributed by atoms with E-state index in [1.54, 1.807) is 0 Å². The summed E-state index contributed by atoms with van der Waals surface area (Å²) in [5, 5.41) is 0. The number of anilines is 2. The number of hydrogen-bond acceptors (Lipinski definition) is 5. The Labute approximate surface area is 107 Å². The Kier molecular flexibility index (Phi) is 3.07. The molecule has 1 saturated heterocycles. The highest BCUT2D eigenvalue weighted by Gasteiger charge is 2.34. The highest BCUT2D eigenvalue weighted by molar-refractivity contribution is 5.45. The van der Waals surface area contributed by atoms with Crippen molar-refractivity contribution in [2.75, 3.05) is 23.8 Å². The maximum atomic E-state index is 5.88. The van der Waals surface area contributed by atoms with Crippen molar-refractivity contribution in [2.45, 2.75) is 44.8 Å². The molecule has 0 bridgehead atoms. The van der Waals surface area contributed by atoms with Crippen molar-refractivity contribution in [2.24, 2.45) is 0 Å². The zero-order chi connectivity index (χ0) is 12.5. The Morgan fingerprint density at radius 1 is 1.33 bits per heavy atom. The van der Waals surface area contributed by atoms with Crippen molar-refractivity contribution in [1.29, 1.82) is 0 Å². The lowest BCUT2D eigenvalue weighted by Gasteiger charge is -2.44. The van der Waals surface area contributed by atoms with Crippen LogP contribution in [0, 0.1) is 6.92 Å². The van der Waals surface area contributed by atoms with Crippen LogP contribution in [-0.4, -0.2) is 35.3 Å². The van der Waals surface area contributed by atoms with Gasteiger partial charge in [0.2, 0.25) is 5.95 Å². The molecule has 1 saturated carbocycles. The lowest BCUT2D eigenvalue weighted by Crippen LogP contribution is -2.53. The highest BCUT2D eigenvalue weighted by atomic mass is 16.5. The first kappa shape index (κ1) is 11.7. The van der Waals surface area contributed by atoms with Crippen LogP contribution >= 0.6 is 0 Å². The van der Waals surface area contributed by atoms with Crippen LogP contribution in [0.4, 0.5) is 11.8 Å². The Morgan fingerprint density at radius 2 is 2.17 bits per heavy atom. The number of rotatable bonds is 1. The molecule has 2 heterocycles. The van der Waals surface area contributed by atoms with E-state index in [0.29, 0.717) is 18.1 Å². The fourth-order valence-electron chi connectivity index (χ4n) is 3.10. The Bertz CT molecular complexity index is 415. The van der Waals surface area contributed by atoms with E-state index in [0.717, 1.165) is 24.7 Å². The van der Waals surface area contributed by atoms with Gasteiger partial charge in [0.1, 0.15) is 5.82 Å². The molecule has 0 radical (unpaired) electrons. The molecule has 98 valence electrons. The highest BCUT2D eigenvalue weighted by Crippen LogP contribution is 2.31. The van der Waals surface area contributed by atoms with Gasteiger partial charge in [0.05, 0.1) is 18.8 Å². The molecular formula is C13H20N4O. The fourth-order valence-corrected chi connectivity index (χ4v) is 3.10. The van der Waals surface area contributed by atoms with Crippen LogP contribution in [0.1, 0.15) is 31.4 Å². The summed E-state index contributed by atoms with van der Waals surface area (Å²) in [5.74, 6) is 1.32. The third-order valence-corrected chi connectivity index (χ3v) is 3.88. The maximum Gasteiger partial charge on any atom is 0.222 e. The number of nitrogens with zero attached hydrogens (tertiary/aromatic N) is 3. The molecule has 1 aromatic heterocycles. The third kappa shape index (κ3) is 2.14. The van der Waals surface area contributed by atoms with Crippen molar-refractivity contribution in [1.82, 2.24) is 9.97 Å². The van der Waals surface area contributed by atoms with Gasteiger partial charge in [0, 0.05) is 18.3 Å². The maximum absolute atomic E-state index is 5.88. The van der Waals surface area contributed by atoms with Gasteiger partial charge in [0.25, 0.3) is 0 Å². The number of morpholine rings is 1. The van der Waals surface area contributed by atoms with Crippen molar-refractivity contribution in [3.63, 3.8) is 0 Å². The number of hydrogen-bond donors (Lipinski definition) is 1. The molecule has 2 N–H and O–H groups in total. The molecule has 2 aliphatic rings. The fraction of sp³-hybridized carbons (Fsp3) is 0.692. The molecule has 3 rings (SSSR count). The molecule has 1 aromatic rings. The summed E-state index contributed by atoms with van der Waals surface area (Å²) < 4.78 is 5.88. The smallest absolute Gasteiger partial charge is 0.222 e. The van der Waals surface area contributed by atoms with Gasteiger partial charge in [-0.15, -0.1) is 0 Å². The normalized spacial score (nSPS) is 27.9. The minimum atomic E-state index is 0.365. The Balaban J connectivity index is 1.89. The first-order chi connectivity index (χ1) is 8.74. The van der Waals surface area contributed by atoms with Gasteiger partial charge in [-0.2, -0.15) is 4.98 Å². The van der Waals surface area contributed by atoms with Gasteiger partial charge in [-0.3, -0.25) is 0 Å². The molecule has 0 aromatic carbocycles. The van der Waals surface area contributed by atoms with E-state index in [2.05, 4.69) is 14.9 Å². The second-order valence-electron chi connectivity index (χ2n) is 5.18. The van der Waals surface area contributed by atoms with E-state index >= 15 is 0 Å². The number of nitrogen functional groups attached to an aromatic ring is 1. The topological polar surface area (TPSA) is 64.3 Å². The number of aryl methyl sites for hydroxylation is 1. The van der Waals surface area contributed by atoms with Gasteiger partial charge in [-0.1, -0.05) is 12.8 Å². The van der Waals surface area contributed by atoms with Crippen LogP contribution in [0.5, 0.6) is 0 Å². The molecular weight excluding hydrogens is 228 g/mol. The molecule has 5 heteroatoms. The number of ether oxygens (including phenoxy) is 1. The molecule has 2 atom stereocenters. The molecule has 2 unspecified atom stereocenters. The zero-order valence-corrected chi connectivity index (χ0v) is 10.8. The third-order valence-electron chi connectivity index (χ3n) is 3.88. The first-order valence-electron chi connectivity index (χ1n) is 6.73. The van der Waals surface area contributed by atoms with Gasteiger partial charge < -0.3 is 15.4 Å². The summed E-state index contributed by atoms with van der Waals surface area (Å²) >= 11 is 0. The standard InChI is InChI=1S/C13H20N4O/c1-9-8-12(16-13(14)15-9)17-6-7-18-11-5-3-2-4-10(11)17/h8,10-11H,2-7H2,1H3,(H2,14,15,16). The minimum absolute atomic E-state index is 0.365. The van der Waals surface area contributed by atoms with Crippen LogP contribution < -0.4 is 10.6 Å². The number of aromatic nitrogens is 2. The van der Waals surface area contributed by atoms with Gasteiger partial charge >= 0.3 is 0 Å². The van der Waals surface area contributed by atoms with Crippen molar-refractivity contribution < 1.29 is 4.74 Å². The summed E-state index contributed by atoms with van der Waals surface area (Å²) in [7, 11) is 0. The molecule has 0 amide bonds. The van der Waals surface area contributed by atoms with Crippen LogP contribution in [0.25, 0.3) is 0 Å². The van der Waals surface area contributed by atoms with E-state index < -0.39 is 0 Å². The van der Waals surface area contributed by atoms with Crippen LogP contribution in [0.15, 0.2) is 6.07 Å². The Hall–Kier alpha value is -1.36. The predicted octanol–water partition coefficient (Wildman–Crippen LogP) is 1.52. The second-order valence-corrected chi connectivity index (χ2v) is 5.18. The molecule has 0 spiro atoms. The van der Waals surface area contributed by atoms with Crippen molar-refractivity contribution >= 4 is 11.8 Å². The van der Waals surface area contributed by atoms with Gasteiger partial charge in [0.15, 0.2) is 0 Å². The summed E-state index contributed by atoms with van der Waals surface area (Å²) in [6.07, 6.45) is 5.28.